The standard InChI is InChI=1S/C16H25NS/c1-13(2)16(12-18)11-17-9-7-14-5-3-4-6-15(14)8-10-17/h3-6,13,16,18H,7-12H2,1-2H3. The highest BCUT2D eigenvalue weighted by molar-refractivity contribution is 7.80. The molecule has 2 heteroatoms. The summed E-state index contributed by atoms with van der Waals surface area (Å²) in [4.78, 5) is 2.63. The van der Waals surface area contributed by atoms with Crippen molar-refractivity contribution in [2.24, 2.45) is 11.8 Å². The number of rotatable bonds is 4. The number of hydrogen-bond acceptors (Lipinski definition) is 2. The van der Waals surface area contributed by atoms with Gasteiger partial charge in [0.25, 0.3) is 0 Å². The average Bonchev–Trinajstić information content (AvgIpc) is 2.58. The summed E-state index contributed by atoms with van der Waals surface area (Å²) < 4.78 is 0. The lowest BCUT2D eigenvalue weighted by atomic mass is 9.97. The van der Waals surface area contributed by atoms with E-state index in [4.69, 9.17) is 0 Å². The number of thiol groups is 1. The Bertz CT molecular complexity index is 348. The van der Waals surface area contributed by atoms with Gasteiger partial charge in [0.05, 0.1) is 0 Å². The van der Waals surface area contributed by atoms with Crippen LogP contribution in [0.15, 0.2) is 24.3 Å². The molecule has 0 saturated carbocycles. The van der Waals surface area contributed by atoms with Gasteiger partial charge in [0.2, 0.25) is 0 Å². The van der Waals surface area contributed by atoms with Gasteiger partial charge in [-0.15, -0.1) is 0 Å². The maximum atomic E-state index is 4.50. The lowest BCUT2D eigenvalue weighted by Crippen LogP contribution is -2.34. The van der Waals surface area contributed by atoms with Gasteiger partial charge in [-0.3, -0.25) is 0 Å². The summed E-state index contributed by atoms with van der Waals surface area (Å²) in [6.07, 6.45) is 2.40. The second-order valence-corrected chi connectivity index (χ2v) is 6.12. The van der Waals surface area contributed by atoms with E-state index in [1.165, 1.54) is 32.5 Å². The molecule has 2 rings (SSSR count). The first-order chi connectivity index (χ1) is 8.70. The zero-order valence-corrected chi connectivity index (χ0v) is 12.5. The SMILES string of the molecule is CC(C)C(CS)CN1CCc2ccccc2CC1. The zero-order valence-electron chi connectivity index (χ0n) is 11.6. The largest absolute Gasteiger partial charge is 0.302 e. The maximum Gasteiger partial charge on any atom is 0.00222 e. The smallest absolute Gasteiger partial charge is 0.00222 e. The van der Waals surface area contributed by atoms with E-state index in [-0.39, 0.29) is 0 Å². The zero-order chi connectivity index (χ0) is 13.0. The van der Waals surface area contributed by atoms with Crippen molar-refractivity contribution in [3.8, 4) is 0 Å². The lowest BCUT2D eigenvalue weighted by Gasteiger charge is -2.27. The van der Waals surface area contributed by atoms with Crippen molar-refractivity contribution in [1.29, 1.82) is 0 Å². The van der Waals surface area contributed by atoms with Crippen LogP contribution >= 0.6 is 12.6 Å². The van der Waals surface area contributed by atoms with Crippen LogP contribution in [0.3, 0.4) is 0 Å². The molecule has 1 aliphatic heterocycles. The van der Waals surface area contributed by atoms with Gasteiger partial charge in [-0.1, -0.05) is 38.1 Å². The molecule has 0 amide bonds. The Balaban J connectivity index is 1.95. The molecule has 100 valence electrons. The molecule has 0 fully saturated rings. The van der Waals surface area contributed by atoms with E-state index in [0.29, 0.717) is 0 Å². The van der Waals surface area contributed by atoms with Crippen molar-refractivity contribution in [2.75, 3.05) is 25.4 Å². The fourth-order valence-electron chi connectivity index (χ4n) is 2.71. The maximum absolute atomic E-state index is 4.50. The summed E-state index contributed by atoms with van der Waals surface area (Å²) in [7, 11) is 0. The molecule has 1 aromatic carbocycles. The average molecular weight is 263 g/mol. The van der Waals surface area contributed by atoms with Crippen LogP contribution in [0.25, 0.3) is 0 Å². The number of fused-ring (bicyclic) bond motifs is 1. The Labute approximate surface area is 117 Å². The Hall–Kier alpha value is -0.470. The highest BCUT2D eigenvalue weighted by Gasteiger charge is 2.18. The highest BCUT2D eigenvalue weighted by Crippen LogP contribution is 2.19. The second kappa shape index (κ2) is 6.63. The van der Waals surface area contributed by atoms with E-state index in [0.717, 1.165) is 17.6 Å². The lowest BCUT2D eigenvalue weighted by molar-refractivity contribution is 0.222. The molecule has 0 aliphatic carbocycles. The first kappa shape index (κ1) is 14.0. The molecule has 0 N–H and O–H groups in total. The molecule has 1 heterocycles. The number of hydrogen-bond donors (Lipinski definition) is 1. The van der Waals surface area contributed by atoms with Crippen molar-refractivity contribution in [1.82, 2.24) is 4.90 Å². The minimum absolute atomic E-state index is 0.717. The van der Waals surface area contributed by atoms with Gasteiger partial charge < -0.3 is 4.90 Å². The molecule has 1 nitrogen and oxygen atoms in total. The van der Waals surface area contributed by atoms with Crippen molar-refractivity contribution >= 4 is 12.6 Å². The summed E-state index contributed by atoms with van der Waals surface area (Å²) in [5, 5.41) is 0. The molecule has 1 aromatic rings. The van der Waals surface area contributed by atoms with Crippen LogP contribution in [-0.4, -0.2) is 30.3 Å². The Morgan fingerprint density at radius 3 is 2.11 bits per heavy atom. The van der Waals surface area contributed by atoms with E-state index in [1.54, 1.807) is 11.1 Å². The summed E-state index contributed by atoms with van der Waals surface area (Å²) in [6.45, 7) is 8.23. The van der Waals surface area contributed by atoms with Gasteiger partial charge >= 0.3 is 0 Å². The van der Waals surface area contributed by atoms with Crippen LogP contribution in [0.5, 0.6) is 0 Å². The minimum Gasteiger partial charge on any atom is -0.302 e. The van der Waals surface area contributed by atoms with E-state index < -0.39 is 0 Å². The van der Waals surface area contributed by atoms with Crippen LogP contribution in [0.2, 0.25) is 0 Å². The molecule has 0 aromatic heterocycles. The van der Waals surface area contributed by atoms with Gasteiger partial charge in [-0.05, 0) is 41.6 Å². The molecule has 0 radical (unpaired) electrons. The Morgan fingerprint density at radius 2 is 1.67 bits per heavy atom. The number of nitrogens with zero attached hydrogens (tertiary/aromatic N) is 1. The molecule has 0 bridgehead atoms. The highest BCUT2D eigenvalue weighted by atomic mass is 32.1. The van der Waals surface area contributed by atoms with Crippen molar-refractivity contribution in [2.45, 2.75) is 26.7 Å². The number of benzene rings is 1. The molecule has 0 saturated heterocycles. The fraction of sp³-hybridized carbons (Fsp3) is 0.625. The summed E-state index contributed by atoms with van der Waals surface area (Å²) in [5.74, 6) is 2.45. The topological polar surface area (TPSA) is 3.24 Å². The molecule has 1 atom stereocenters. The predicted molar refractivity (Wildman–Crippen MR) is 82.5 cm³/mol. The van der Waals surface area contributed by atoms with Gasteiger partial charge in [-0.2, -0.15) is 12.6 Å². The van der Waals surface area contributed by atoms with Gasteiger partial charge in [-0.25, -0.2) is 0 Å². The monoisotopic (exact) mass is 263 g/mol. The van der Waals surface area contributed by atoms with E-state index in [9.17, 15) is 0 Å². The van der Waals surface area contributed by atoms with Crippen molar-refractivity contribution in [3.63, 3.8) is 0 Å². The van der Waals surface area contributed by atoms with Crippen molar-refractivity contribution in [3.05, 3.63) is 35.4 Å². The van der Waals surface area contributed by atoms with Gasteiger partial charge in [0, 0.05) is 19.6 Å². The van der Waals surface area contributed by atoms with Crippen LogP contribution in [0.1, 0.15) is 25.0 Å². The third-order valence-corrected chi connectivity index (χ3v) is 4.65. The first-order valence-electron chi connectivity index (χ1n) is 7.10. The molecule has 18 heavy (non-hydrogen) atoms. The third kappa shape index (κ3) is 3.52. The summed E-state index contributed by atoms with van der Waals surface area (Å²) in [5.41, 5.74) is 3.10. The van der Waals surface area contributed by atoms with Gasteiger partial charge in [0.1, 0.15) is 0 Å². The van der Waals surface area contributed by atoms with Crippen molar-refractivity contribution < 1.29 is 0 Å². The molecular formula is C16H25NS. The second-order valence-electron chi connectivity index (χ2n) is 5.76. The Morgan fingerprint density at radius 1 is 1.11 bits per heavy atom. The summed E-state index contributed by atoms with van der Waals surface area (Å²) in [6, 6.07) is 8.91. The van der Waals surface area contributed by atoms with Crippen LogP contribution in [-0.2, 0) is 12.8 Å². The predicted octanol–water partition coefficient (Wildman–Crippen LogP) is 3.29. The van der Waals surface area contributed by atoms with E-state index >= 15 is 0 Å². The minimum atomic E-state index is 0.717. The third-order valence-electron chi connectivity index (χ3n) is 4.18. The molecular weight excluding hydrogens is 238 g/mol. The normalized spacial score (nSPS) is 18.4. The first-order valence-corrected chi connectivity index (χ1v) is 7.74. The van der Waals surface area contributed by atoms with E-state index in [2.05, 4.69) is 55.6 Å². The molecule has 0 spiro atoms. The summed E-state index contributed by atoms with van der Waals surface area (Å²) >= 11 is 4.50. The quantitative estimate of drug-likeness (QED) is 0.816. The molecule has 1 unspecified atom stereocenters. The van der Waals surface area contributed by atoms with Crippen LogP contribution < -0.4 is 0 Å². The van der Waals surface area contributed by atoms with Gasteiger partial charge in [0.15, 0.2) is 0 Å². The fourth-order valence-corrected chi connectivity index (χ4v) is 3.24. The Kier molecular flexibility index (Phi) is 5.13. The van der Waals surface area contributed by atoms with Crippen LogP contribution in [0, 0.1) is 11.8 Å². The van der Waals surface area contributed by atoms with Crippen LogP contribution in [0.4, 0.5) is 0 Å². The van der Waals surface area contributed by atoms with E-state index in [1.807, 2.05) is 0 Å². The molecule has 1 aliphatic rings.